The number of aryl methyl sites for hydroxylation is 1. The lowest BCUT2D eigenvalue weighted by atomic mass is 10.2. The number of hydrogen-bond donors (Lipinski definition) is 0. The molecule has 0 unspecified atom stereocenters. The maximum absolute atomic E-state index is 5.88. The maximum Gasteiger partial charge on any atom is 0.322 e. The number of ether oxygens (including phenoxy) is 1. The first-order chi connectivity index (χ1) is 9.02. The molecule has 19 heavy (non-hydrogen) atoms. The average molecular weight is 296 g/mol. The molecular weight excluding hydrogens is 282 g/mol. The predicted octanol–water partition coefficient (Wildman–Crippen LogP) is 3.77. The summed E-state index contributed by atoms with van der Waals surface area (Å²) in [5.74, 6) is 0. The van der Waals surface area contributed by atoms with Gasteiger partial charge in [-0.25, -0.2) is 0 Å². The smallest absolute Gasteiger partial charge is 0.322 e. The molecule has 0 bridgehead atoms. The summed E-state index contributed by atoms with van der Waals surface area (Å²) in [5, 5.41) is 0.669. The van der Waals surface area contributed by atoms with Gasteiger partial charge >= 0.3 is 6.01 Å². The highest BCUT2D eigenvalue weighted by Crippen LogP contribution is 2.27. The second kappa shape index (κ2) is 6.21. The minimum absolute atomic E-state index is 0.00436. The van der Waals surface area contributed by atoms with Crippen LogP contribution in [0.5, 0.6) is 6.01 Å². The first-order valence-corrected chi connectivity index (χ1v) is 7.05. The molecule has 2 rings (SSSR count). The van der Waals surface area contributed by atoms with E-state index in [-0.39, 0.29) is 17.4 Å². The number of hydrogen-bond acceptors (Lipinski definition) is 5. The molecule has 0 atom stereocenters. The molecule has 1 heterocycles. The van der Waals surface area contributed by atoms with Crippen LogP contribution in [0.1, 0.15) is 19.4 Å². The van der Waals surface area contributed by atoms with E-state index in [2.05, 4.69) is 21.0 Å². The van der Waals surface area contributed by atoms with E-state index in [0.29, 0.717) is 5.16 Å². The van der Waals surface area contributed by atoms with Crippen molar-refractivity contribution in [2.45, 2.75) is 36.9 Å². The quantitative estimate of drug-likeness (QED) is 0.859. The summed E-state index contributed by atoms with van der Waals surface area (Å²) < 4.78 is 5.44. The van der Waals surface area contributed by atoms with Crippen LogP contribution in [0.25, 0.3) is 0 Å². The highest BCUT2D eigenvalue weighted by atomic mass is 35.5. The van der Waals surface area contributed by atoms with E-state index in [9.17, 15) is 0 Å². The van der Waals surface area contributed by atoms with Gasteiger partial charge in [0.15, 0.2) is 5.16 Å². The molecule has 0 N–H and O–H groups in total. The van der Waals surface area contributed by atoms with Crippen LogP contribution in [0.3, 0.4) is 0 Å². The number of halogens is 1. The zero-order valence-electron chi connectivity index (χ0n) is 10.9. The highest BCUT2D eigenvalue weighted by Gasteiger charge is 2.09. The van der Waals surface area contributed by atoms with Crippen molar-refractivity contribution in [3.05, 3.63) is 35.1 Å². The van der Waals surface area contributed by atoms with Crippen LogP contribution in [-0.4, -0.2) is 21.1 Å². The van der Waals surface area contributed by atoms with Crippen LogP contribution in [0.4, 0.5) is 0 Å². The van der Waals surface area contributed by atoms with E-state index in [4.69, 9.17) is 16.3 Å². The highest BCUT2D eigenvalue weighted by molar-refractivity contribution is 7.99. The zero-order valence-corrected chi connectivity index (χ0v) is 12.5. The predicted molar refractivity (Wildman–Crippen MR) is 75.9 cm³/mol. The molecule has 1 aromatic carbocycles. The molecule has 0 aliphatic rings. The van der Waals surface area contributed by atoms with Gasteiger partial charge in [-0.1, -0.05) is 17.7 Å². The third-order valence-corrected chi connectivity index (χ3v) is 3.13. The summed E-state index contributed by atoms with van der Waals surface area (Å²) in [7, 11) is 0. The summed E-state index contributed by atoms with van der Waals surface area (Å²) >= 11 is 7.31. The second-order valence-corrected chi connectivity index (χ2v) is 5.63. The van der Waals surface area contributed by atoms with Gasteiger partial charge in [0.05, 0.1) is 6.10 Å². The Morgan fingerprint density at radius 1 is 1.21 bits per heavy atom. The fraction of sp³-hybridized carbons (Fsp3) is 0.308. The van der Waals surface area contributed by atoms with E-state index in [1.165, 1.54) is 17.3 Å². The van der Waals surface area contributed by atoms with Crippen molar-refractivity contribution in [3.63, 3.8) is 0 Å². The fourth-order valence-electron chi connectivity index (χ4n) is 1.41. The van der Waals surface area contributed by atoms with Gasteiger partial charge in [-0.2, -0.15) is 15.0 Å². The lowest BCUT2D eigenvalue weighted by molar-refractivity contribution is 0.219. The summed E-state index contributed by atoms with van der Waals surface area (Å²) in [5.41, 5.74) is 1.18. The van der Waals surface area contributed by atoms with Gasteiger partial charge in [-0.05, 0) is 56.3 Å². The van der Waals surface area contributed by atoms with Crippen molar-refractivity contribution in [1.29, 1.82) is 0 Å². The Bertz CT molecular complexity index is 578. The van der Waals surface area contributed by atoms with E-state index < -0.39 is 0 Å². The van der Waals surface area contributed by atoms with Gasteiger partial charge in [0, 0.05) is 4.90 Å². The van der Waals surface area contributed by atoms with Gasteiger partial charge in [-0.3, -0.25) is 0 Å². The Labute approximate surface area is 121 Å². The third kappa shape index (κ3) is 4.36. The Kier molecular flexibility index (Phi) is 4.61. The summed E-state index contributed by atoms with van der Waals surface area (Å²) in [6.07, 6.45) is -0.00436. The average Bonchev–Trinajstić information content (AvgIpc) is 2.26. The number of nitrogens with zero attached hydrogens (tertiary/aromatic N) is 3. The van der Waals surface area contributed by atoms with Crippen LogP contribution in [0, 0.1) is 6.92 Å². The summed E-state index contributed by atoms with van der Waals surface area (Å²) in [6.45, 7) is 5.86. The zero-order chi connectivity index (χ0) is 13.8. The monoisotopic (exact) mass is 295 g/mol. The summed E-state index contributed by atoms with van der Waals surface area (Å²) in [6, 6.07) is 8.35. The first-order valence-electron chi connectivity index (χ1n) is 5.85. The molecule has 0 radical (unpaired) electrons. The lowest BCUT2D eigenvalue weighted by Crippen LogP contribution is -2.09. The molecule has 0 saturated carbocycles. The van der Waals surface area contributed by atoms with Crippen LogP contribution in [0.2, 0.25) is 5.28 Å². The van der Waals surface area contributed by atoms with Crippen LogP contribution >= 0.6 is 23.4 Å². The molecule has 0 amide bonds. The van der Waals surface area contributed by atoms with Crippen molar-refractivity contribution in [3.8, 4) is 6.01 Å². The first kappa shape index (κ1) is 14.1. The SMILES string of the molecule is Cc1cccc(Sc2nc(Cl)nc(OC(C)C)n2)c1. The van der Waals surface area contributed by atoms with Gasteiger partial charge in [0.1, 0.15) is 0 Å². The van der Waals surface area contributed by atoms with Crippen molar-refractivity contribution >= 4 is 23.4 Å². The Balaban J connectivity index is 2.22. The standard InChI is InChI=1S/C13H14ClN3OS/c1-8(2)18-12-15-11(14)16-13(17-12)19-10-6-4-5-9(3)7-10/h4-8H,1-3H3. The largest absolute Gasteiger partial charge is 0.461 e. The van der Waals surface area contributed by atoms with E-state index in [1.807, 2.05) is 39.0 Å². The Hall–Kier alpha value is -1.33. The van der Waals surface area contributed by atoms with Crippen LogP contribution in [0.15, 0.2) is 34.3 Å². The number of rotatable bonds is 4. The van der Waals surface area contributed by atoms with Crippen molar-refractivity contribution in [2.75, 3.05) is 0 Å². The lowest BCUT2D eigenvalue weighted by Gasteiger charge is -2.08. The number of benzene rings is 1. The molecule has 0 aliphatic heterocycles. The molecule has 6 heteroatoms. The fourth-order valence-corrected chi connectivity index (χ4v) is 2.47. The maximum atomic E-state index is 5.88. The Morgan fingerprint density at radius 3 is 2.68 bits per heavy atom. The molecule has 0 aliphatic carbocycles. The van der Waals surface area contributed by atoms with Crippen molar-refractivity contribution in [1.82, 2.24) is 15.0 Å². The molecule has 1 aromatic heterocycles. The van der Waals surface area contributed by atoms with E-state index >= 15 is 0 Å². The van der Waals surface area contributed by atoms with Crippen molar-refractivity contribution < 1.29 is 4.74 Å². The molecular formula is C13H14ClN3OS. The molecule has 0 fully saturated rings. The molecule has 4 nitrogen and oxygen atoms in total. The minimum Gasteiger partial charge on any atom is -0.461 e. The molecule has 2 aromatic rings. The molecule has 0 saturated heterocycles. The van der Waals surface area contributed by atoms with E-state index in [1.54, 1.807) is 0 Å². The van der Waals surface area contributed by atoms with Gasteiger partial charge in [0.25, 0.3) is 0 Å². The van der Waals surface area contributed by atoms with Gasteiger partial charge in [0.2, 0.25) is 5.28 Å². The normalized spacial score (nSPS) is 10.8. The van der Waals surface area contributed by atoms with Crippen molar-refractivity contribution in [2.24, 2.45) is 0 Å². The summed E-state index contributed by atoms with van der Waals surface area (Å²) in [4.78, 5) is 13.3. The van der Waals surface area contributed by atoms with Crippen LogP contribution in [-0.2, 0) is 0 Å². The number of aromatic nitrogens is 3. The van der Waals surface area contributed by atoms with Gasteiger partial charge in [-0.15, -0.1) is 0 Å². The van der Waals surface area contributed by atoms with Gasteiger partial charge < -0.3 is 4.74 Å². The molecule has 100 valence electrons. The van der Waals surface area contributed by atoms with E-state index in [0.717, 1.165) is 4.90 Å². The Morgan fingerprint density at radius 2 is 2.00 bits per heavy atom. The minimum atomic E-state index is -0.00436. The van der Waals surface area contributed by atoms with Crippen LogP contribution < -0.4 is 4.74 Å². The molecule has 0 spiro atoms. The topological polar surface area (TPSA) is 47.9 Å². The second-order valence-electron chi connectivity index (χ2n) is 4.25. The third-order valence-electron chi connectivity index (χ3n) is 2.11.